The third kappa shape index (κ3) is 5.09. The Bertz CT molecular complexity index is 747. The van der Waals surface area contributed by atoms with Gasteiger partial charge in [0.05, 0.1) is 0 Å². The number of benzene rings is 1. The van der Waals surface area contributed by atoms with E-state index in [0.29, 0.717) is 12.1 Å². The maximum Gasteiger partial charge on any atom is 0.326 e. The van der Waals surface area contributed by atoms with Gasteiger partial charge in [-0.05, 0) is 25.8 Å². The molecule has 0 bridgehead atoms. The van der Waals surface area contributed by atoms with Gasteiger partial charge in [0.1, 0.15) is 12.1 Å². The Balaban J connectivity index is 1.89. The zero-order valence-electron chi connectivity index (χ0n) is 16.5. The van der Waals surface area contributed by atoms with Gasteiger partial charge in [0.25, 0.3) is 11.8 Å². The fraction of sp³-hybridized carbons (Fsp3) is 0.500. The number of imide groups is 1. The lowest BCUT2D eigenvalue weighted by atomic mass is 9.91. The van der Waals surface area contributed by atoms with E-state index in [2.05, 4.69) is 17.6 Å². The Kier molecular flexibility index (Phi) is 7.14. The summed E-state index contributed by atoms with van der Waals surface area (Å²) in [5.74, 6) is -1.77. The largest absolute Gasteiger partial charge is 0.454 e. The second-order valence-corrected chi connectivity index (χ2v) is 7.03. The van der Waals surface area contributed by atoms with Gasteiger partial charge in [0, 0.05) is 6.54 Å². The number of nitrogens with zero attached hydrogens (tertiary/aromatic N) is 1. The Morgan fingerprint density at radius 1 is 1.18 bits per heavy atom. The number of esters is 1. The topological polar surface area (TPSA) is 105 Å². The number of urea groups is 1. The van der Waals surface area contributed by atoms with Gasteiger partial charge in [0.15, 0.2) is 6.61 Å². The number of rotatable bonds is 9. The number of hydrogen-bond donors (Lipinski definition) is 2. The van der Waals surface area contributed by atoms with Crippen LogP contribution in [0, 0.1) is 6.92 Å². The molecule has 1 fully saturated rings. The number of carbonyl (C=O) groups excluding carboxylic acids is 4. The number of nitrogens with one attached hydrogen (secondary N) is 2. The van der Waals surface area contributed by atoms with Crippen LogP contribution in [0.25, 0.3) is 0 Å². The average Bonchev–Trinajstić information content (AvgIpc) is 2.88. The molecule has 1 aromatic carbocycles. The minimum absolute atomic E-state index is 0.411. The molecule has 2 rings (SSSR count). The van der Waals surface area contributed by atoms with Crippen LogP contribution in [0.2, 0.25) is 0 Å². The van der Waals surface area contributed by atoms with Crippen molar-refractivity contribution in [3.05, 3.63) is 35.4 Å². The Morgan fingerprint density at radius 3 is 2.50 bits per heavy atom. The highest BCUT2D eigenvalue weighted by molar-refractivity contribution is 6.08. The van der Waals surface area contributed by atoms with Gasteiger partial charge >= 0.3 is 12.0 Å². The predicted octanol–water partition coefficient (Wildman–Crippen LogP) is 1.61. The van der Waals surface area contributed by atoms with Crippen LogP contribution in [-0.2, 0) is 24.7 Å². The summed E-state index contributed by atoms with van der Waals surface area (Å²) in [6.07, 6.45) is 2.90. The summed E-state index contributed by atoms with van der Waals surface area (Å²) in [5, 5.41) is 5.27. The normalized spacial score (nSPS) is 18.8. The van der Waals surface area contributed by atoms with Crippen LogP contribution < -0.4 is 10.6 Å². The number of ether oxygens (including phenoxy) is 1. The Morgan fingerprint density at radius 2 is 1.86 bits per heavy atom. The summed E-state index contributed by atoms with van der Waals surface area (Å²) in [7, 11) is 0. The molecule has 0 saturated carbocycles. The molecule has 1 heterocycles. The van der Waals surface area contributed by atoms with Crippen LogP contribution in [0.1, 0.15) is 44.2 Å². The SMILES string of the molecule is CCCCCNC(=O)COC(=O)CN1C(=O)N[C@@](C)(c2ccc(C)cc2)C1=O. The fourth-order valence-electron chi connectivity index (χ4n) is 2.90. The van der Waals surface area contributed by atoms with Crippen molar-refractivity contribution in [1.29, 1.82) is 0 Å². The van der Waals surface area contributed by atoms with Gasteiger partial charge < -0.3 is 15.4 Å². The Labute approximate surface area is 164 Å². The van der Waals surface area contributed by atoms with E-state index in [0.717, 1.165) is 29.7 Å². The van der Waals surface area contributed by atoms with Crippen molar-refractivity contribution in [2.24, 2.45) is 0 Å². The lowest BCUT2D eigenvalue weighted by Crippen LogP contribution is -2.42. The minimum atomic E-state index is -1.25. The first-order chi connectivity index (χ1) is 13.3. The highest BCUT2D eigenvalue weighted by Gasteiger charge is 2.49. The van der Waals surface area contributed by atoms with Crippen molar-refractivity contribution in [2.75, 3.05) is 19.7 Å². The summed E-state index contributed by atoms with van der Waals surface area (Å²) in [6, 6.07) is 6.54. The van der Waals surface area contributed by atoms with Crippen LogP contribution in [-0.4, -0.2) is 48.4 Å². The van der Waals surface area contributed by atoms with E-state index in [1.807, 2.05) is 19.1 Å². The highest BCUT2D eigenvalue weighted by atomic mass is 16.5. The van der Waals surface area contributed by atoms with E-state index in [1.165, 1.54) is 0 Å². The molecule has 1 aliphatic rings. The third-order valence-electron chi connectivity index (χ3n) is 4.66. The van der Waals surface area contributed by atoms with Crippen LogP contribution >= 0.6 is 0 Å². The van der Waals surface area contributed by atoms with Crippen molar-refractivity contribution >= 4 is 23.8 Å². The molecule has 1 aromatic rings. The first-order valence-electron chi connectivity index (χ1n) is 9.41. The van der Waals surface area contributed by atoms with E-state index in [9.17, 15) is 19.2 Å². The second-order valence-electron chi connectivity index (χ2n) is 7.03. The molecule has 4 amide bonds. The number of hydrogen-bond acceptors (Lipinski definition) is 5. The summed E-state index contributed by atoms with van der Waals surface area (Å²) in [6.45, 7) is 5.10. The molecule has 8 heteroatoms. The quantitative estimate of drug-likeness (QED) is 0.379. The average molecular weight is 389 g/mol. The zero-order valence-corrected chi connectivity index (χ0v) is 16.5. The maximum atomic E-state index is 12.8. The van der Waals surface area contributed by atoms with Crippen molar-refractivity contribution in [1.82, 2.24) is 15.5 Å². The molecule has 0 spiro atoms. The molecule has 8 nitrogen and oxygen atoms in total. The predicted molar refractivity (Wildman–Crippen MR) is 102 cm³/mol. The molecule has 0 radical (unpaired) electrons. The van der Waals surface area contributed by atoms with Crippen LogP contribution in [0.4, 0.5) is 4.79 Å². The summed E-state index contributed by atoms with van der Waals surface area (Å²) in [4.78, 5) is 49.4. The molecule has 2 N–H and O–H groups in total. The molecule has 1 atom stereocenters. The molecule has 152 valence electrons. The summed E-state index contributed by atoms with van der Waals surface area (Å²) >= 11 is 0. The number of amides is 4. The van der Waals surface area contributed by atoms with Crippen LogP contribution in [0.3, 0.4) is 0 Å². The van der Waals surface area contributed by atoms with Gasteiger partial charge in [-0.2, -0.15) is 0 Å². The van der Waals surface area contributed by atoms with Gasteiger partial charge in [0.2, 0.25) is 0 Å². The standard InChI is InChI=1S/C20H27N3O5/c1-4-5-6-11-21-16(24)13-28-17(25)12-23-18(26)20(3,22-19(23)27)15-9-7-14(2)8-10-15/h7-10H,4-6,11-13H2,1-3H3,(H,21,24)(H,22,27)/t20-/m0/s1. The molecule has 0 unspecified atom stereocenters. The van der Waals surface area contributed by atoms with Crippen molar-refractivity contribution in [3.63, 3.8) is 0 Å². The molecule has 28 heavy (non-hydrogen) atoms. The first kappa shape index (κ1) is 21.4. The van der Waals surface area contributed by atoms with E-state index in [1.54, 1.807) is 19.1 Å². The lowest BCUT2D eigenvalue weighted by molar-refractivity contribution is -0.151. The summed E-state index contributed by atoms with van der Waals surface area (Å²) < 4.78 is 4.88. The van der Waals surface area contributed by atoms with Crippen molar-refractivity contribution < 1.29 is 23.9 Å². The van der Waals surface area contributed by atoms with Gasteiger partial charge in [-0.3, -0.25) is 19.3 Å². The minimum Gasteiger partial charge on any atom is -0.454 e. The zero-order chi connectivity index (χ0) is 20.7. The molecule has 0 aromatic heterocycles. The highest BCUT2D eigenvalue weighted by Crippen LogP contribution is 2.28. The molecule has 0 aliphatic carbocycles. The van der Waals surface area contributed by atoms with E-state index in [4.69, 9.17) is 4.74 Å². The van der Waals surface area contributed by atoms with Crippen molar-refractivity contribution in [3.8, 4) is 0 Å². The Hall–Kier alpha value is -2.90. The molecular weight excluding hydrogens is 362 g/mol. The second kappa shape index (κ2) is 9.34. The first-order valence-corrected chi connectivity index (χ1v) is 9.41. The van der Waals surface area contributed by atoms with E-state index in [-0.39, 0.29) is 0 Å². The third-order valence-corrected chi connectivity index (χ3v) is 4.66. The van der Waals surface area contributed by atoms with E-state index >= 15 is 0 Å². The number of aryl methyl sites for hydroxylation is 1. The lowest BCUT2D eigenvalue weighted by Gasteiger charge is -2.22. The number of unbranched alkanes of at least 4 members (excludes halogenated alkanes) is 2. The van der Waals surface area contributed by atoms with Crippen LogP contribution in [0.5, 0.6) is 0 Å². The molecular formula is C20H27N3O5. The van der Waals surface area contributed by atoms with Gasteiger partial charge in [-0.25, -0.2) is 4.79 Å². The number of carbonyl (C=O) groups is 4. The molecule has 1 aliphatic heterocycles. The maximum absolute atomic E-state index is 12.8. The van der Waals surface area contributed by atoms with Gasteiger partial charge in [-0.1, -0.05) is 49.6 Å². The van der Waals surface area contributed by atoms with Gasteiger partial charge in [-0.15, -0.1) is 0 Å². The summed E-state index contributed by atoms with van der Waals surface area (Å²) in [5.41, 5.74) is 0.401. The fourth-order valence-corrected chi connectivity index (χ4v) is 2.90. The monoisotopic (exact) mass is 389 g/mol. The van der Waals surface area contributed by atoms with Crippen molar-refractivity contribution in [2.45, 2.75) is 45.6 Å². The van der Waals surface area contributed by atoms with Crippen LogP contribution in [0.15, 0.2) is 24.3 Å². The molecule has 1 saturated heterocycles. The van der Waals surface area contributed by atoms with E-state index < -0.39 is 42.5 Å². The smallest absolute Gasteiger partial charge is 0.326 e.